The van der Waals surface area contributed by atoms with Gasteiger partial charge in [-0.05, 0) is 47.0 Å². The third kappa shape index (κ3) is 1.44. The highest BCUT2D eigenvalue weighted by Gasteiger charge is 2.08. The molecule has 3 heteroatoms. The van der Waals surface area contributed by atoms with Crippen molar-refractivity contribution in [1.82, 2.24) is 0 Å². The maximum atomic E-state index is 5.31. The van der Waals surface area contributed by atoms with Crippen molar-refractivity contribution in [3.8, 4) is 5.75 Å². The molecule has 0 aliphatic carbocycles. The van der Waals surface area contributed by atoms with Gasteiger partial charge in [0.15, 0.2) is 0 Å². The Morgan fingerprint density at radius 3 is 2.92 bits per heavy atom. The standard InChI is InChI=1S/C10H9IOS/c1-6-9(12-2)5-8(11)7-3-4-13-10(6)7/h3-5H,1-2H3. The molecule has 13 heavy (non-hydrogen) atoms. The molecule has 2 rings (SSSR count). The zero-order valence-electron chi connectivity index (χ0n) is 7.43. The summed E-state index contributed by atoms with van der Waals surface area (Å²) in [5, 5.41) is 3.46. The normalized spacial score (nSPS) is 10.7. The van der Waals surface area contributed by atoms with E-state index in [0.717, 1.165) is 5.75 Å². The van der Waals surface area contributed by atoms with Gasteiger partial charge < -0.3 is 4.74 Å². The van der Waals surface area contributed by atoms with Crippen molar-refractivity contribution in [3.63, 3.8) is 0 Å². The van der Waals surface area contributed by atoms with Crippen molar-refractivity contribution in [3.05, 3.63) is 26.6 Å². The van der Waals surface area contributed by atoms with Crippen LogP contribution in [0.25, 0.3) is 10.1 Å². The Bertz CT molecular complexity index is 447. The first-order valence-corrected chi connectivity index (χ1v) is 5.90. The first kappa shape index (κ1) is 9.27. The molecule has 1 heterocycles. The van der Waals surface area contributed by atoms with E-state index < -0.39 is 0 Å². The summed E-state index contributed by atoms with van der Waals surface area (Å²) < 4.78 is 7.90. The molecular formula is C10H9IOS. The lowest BCUT2D eigenvalue weighted by Gasteiger charge is -2.06. The van der Waals surface area contributed by atoms with E-state index in [4.69, 9.17) is 4.74 Å². The number of thiophene rings is 1. The Morgan fingerprint density at radius 1 is 1.46 bits per heavy atom. The molecule has 0 atom stereocenters. The van der Waals surface area contributed by atoms with Crippen LogP contribution < -0.4 is 4.74 Å². The zero-order chi connectivity index (χ0) is 9.42. The second kappa shape index (κ2) is 3.46. The molecule has 1 aromatic heterocycles. The van der Waals surface area contributed by atoms with E-state index in [-0.39, 0.29) is 0 Å². The van der Waals surface area contributed by atoms with Crippen LogP contribution >= 0.6 is 33.9 Å². The van der Waals surface area contributed by atoms with Crippen LogP contribution in [-0.4, -0.2) is 7.11 Å². The Labute approximate surface area is 94.9 Å². The molecule has 0 amide bonds. The van der Waals surface area contributed by atoms with Crippen LogP contribution in [0.15, 0.2) is 17.5 Å². The first-order valence-electron chi connectivity index (χ1n) is 3.94. The first-order chi connectivity index (χ1) is 6.24. The minimum atomic E-state index is 0.986. The van der Waals surface area contributed by atoms with Crippen molar-refractivity contribution in [2.24, 2.45) is 0 Å². The van der Waals surface area contributed by atoms with Crippen LogP contribution in [0.1, 0.15) is 5.56 Å². The monoisotopic (exact) mass is 304 g/mol. The smallest absolute Gasteiger partial charge is 0.124 e. The van der Waals surface area contributed by atoms with Crippen LogP contribution in [0, 0.1) is 10.5 Å². The number of methoxy groups -OCH3 is 1. The Hall–Kier alpha value is -0.290. The minimum absolute atomic E-state index is 0.986. The van der Waals surface area contributed by atoms with E-state index in [9.17, 15) is 0 Å². The second-order valence-corrected chi connectivity index (χ2v) is 4.93. The Morgan fingerprint density at radius 2 is 2.23 bits per heavy atom. The van der Waals surface area contributed by atoms with Gasteiger partial charge in [-0.1, -0.05) is 0 Å². The van der Waals surface area contributed by atoms with E-state index in [2.05, 4.69) is 47.0 Å². The molecule has 0 fully saturated rings. The van der Waals surface area contributed by atoms with Gasteiger partial charge in [-0.3, -0.25) is 0 Å². The fourth-order valence-corrected chi connectivity index (χ4v) is 3.25. The number of benzene rings is 1. The van der Waals surface area contributed by atoms with Gasteiger partial charge in [-0.2, -0.15) is 0 Å². The maximum absolute atomic E-state index is 5.31. The highest BCUT2D eigenvalue weighted by molar-refractivity contribution is 14.1. The molecule has 0 saturated carbocycles. The molecule has 0 aliphatic heterocycles. The van der Waals surface area contributed by atoms with Gasteiger partial charge in [-0.25, -0.2) is 0 Å². The summed E-state index contributed by atoms with van der Waals surface area (Å²) in [5.41, 5.74) is 1.24. The molecular weight excluding hydrogens is 295 g/mol. The fraction of sp³-hybridized carbons (Fsp3) is 0.200. The van der Waals surface area contributed by atoms with Gasteiger partial charge in [0, 0.05) is 19.2 Å². The highest BCUT2D eigenvalue weighted by Crippen LogP contribution is 2.34. The van der Waals surface area contributed by atoms with Gasteiger partial charge in [0.2, 0.25) is 0 Å². The van der Waals surface area contributed by atoms with Gasteiger partial charge >= 0.3 is 0 Å². The maximum Gasteiger partial charge on any atom is 0.124 e. The number of hydrogen-bond donors (Lipinski definition) is 0. The third-order valence-electron chi connectivity index (χ3n) is 2.11. The van der Waals surface area contributed by atoms with Crippen LogP contribution in [0.3, 0.4) is 0 Å². The van der Waals surface area contributed by atoms with Crippen molar-refractivity contribution >= 4 is 44.0 Å². The van der Waals surface area contributed by atoms with Gasteiger partial charge in [0.05, 0.1) is 7.11 Å². The van der Waals surface area contributed by atoms with E-state index in [0.29, 0.717) is 0 Å². The summed E-state index contributed by atoms with van der Waals surface area (Å²) in [7, 11) is 1.72. The summed E-state index contributed by atoms with van der Waals surface area (Å²) in [6, 6.07) is 4.25. The topological polar surface area (TPSA) is 9.23 Å². The van der Waals surface area contributed by atoms with Crippen molar-refractivity contribution in [2.45, 2.75) is 6.92 Å². The fourth-order valence-electron chi connectivity index (χ4n) is 1.41. The Balaban J connectivity index is 2.85. The van der Waals surface area contributed by atoms with E-state index in [1.54, 1.807) is 18.4 Å². The lowest BCUT2D eigenvalue weighted by molar-refractivity contribution is 0.412. The van der Waals surface area contributed by atoms with E-state index in [1.807, 2.05) is 0 Å². The summed E-state index contributed by atoms with van der Waals surface area (Å²) >= 11 is 4.12. The Kier molecular flexibility index (Phi) is 2.47. The van der Waals surface area contributed by atoms with Crippen molar-refractivity contribution in [1.29, 1.82) is 0 Å². The van der Waals surface area contributed by atoms with Gasteiger partial charge in [0.25, 0.3) is 0 Å². The van der Waals surface area contributed by atoms with Crippen LogP contribution in [0.2, 0.25) is 0 Å². The van der Waals surface area contributed by atoms with Crippen LogP contribution in [0.5, 0.6) is 5.75 Å². The van der Waals surface area contributed by atoms with E-state index in [1.165, 1.54) is 19.2 Å². The summed E-state index contributed by atoms with van der Waals surface area (Å²) in [6.07, 6.45) is 0. The van der Waals surface area contributed by atoms with Crippen LogP contribution in [-0.2, 0) is 0 Å². The lowest BCUT2D eigenvalue weighted by atomic mass is 10.2. The zero-order valence-corrected chi connectivity index (χ0v) is 10.4. The molecule has 0 aliphatic rings. The molecule has 0 N–H and O–H groups in total. The average molecular weight is 304 g/mol. The number of aryl methyl sites for hydroxylation is 1. The van der Waals surface area contributed by atoms with Gasteiger partial charge in [0.1, 0.15) is 5.75 Å². The molecule has 2 aromatic rings. The predicted octanol–water partition coefficient (Wildman–Crippen LogP) is 3.82. The minimum Gasteiger partial charge on any atom is -0.496 e. The molecule has 0 spiro atoms. The lowest BCUT2D eigenvalue weighted by Crippen LogP contribution is -1.88. The number of rotatable bonds is 1. The molecule has 0 unspecified atom stereocenters. The second-order valence-electron chi connectivity index (χ2n) is 2.85. The SMILES string of the molecule is COc1cc(I)c2ccsc2c1C. The molecule has 0 radical (unpaired) electrons. The quantitative estimate of drug-likeness (QED) is 0.728. The van der Waals surface area contributed by atoms with Gasteiger partial charge in [-0.15, -0.1) is 11.3 Å². The largest absolute Gasteiger partial charge is 0.496 e. The number of halogens is 1. The molecule has 1 nitrogen and oxygen atoms in total. The predicted molar refractivity (Wildman–Crippen MR) is 65.8 cm³/mol. The molecule has 0 saturated heterocycles. The van der Waals surface area contributed by atoms with Crippen molar-refractivity contribution in [2.75, 3.05) is 7.11 Å². The van der Waals surface area contributed by atoms with E-state index >= 15 is 0 Å². The number of fused-ring (bicyclic) bond motifs is 1. The summed E-state index contributed by atoms with van der Waals surface area (Å²) in [4.78, 5) is 0. The molecule has 1 aromatic carbocycles. The molecule has 0 bridgehead atoms. The highest BCUT2D eigenvalue weighted by atomic mass is 127. The van der Waals surface area contributed by atoms with Crippen LogP contribution in [0.4, 0.5) is 0 Å². The number of ether oxygens (including phenoxy) is 1. The summed E-state index contributed by atoms with van der Waals surface area (Å²) in [5.74, 6) is 0.986. The molecule has 68 valence electrons. The average Bonchev–Trinajstić information content (AvgIpc) is 2.60. The third-order valence-corrected chi connectivity index (χ3v) is 4.04. The van der Waals surface area contributed by atoms with Crippen molar-refractivity contribution < 1.29 is 4.74 Å². The number of hydrogen-bond acceptors (Lipinski definition) is 2. The summed E-state index contributed by atoms with van der Waals surface area (Å²) in [6.45, 7) is 2.10.